The first kappa shape index (κ1) is 23.3. The molecule has 3 rings (SSSR count). The lowest BCUT2D eigenvalue weighted by atomic mass is 10.1. The van der Waals surface area contributed by atoms with Gasteiger partial charge in [0.25, 0.3) is 5.91 Å². The Morgan fingerprint density at radius 3 is 2.52 bits per heavy atom. The quantitative estimate of drug-likeness (QED) is 0.447. The van der Waals surface area contributed by atoms with Crippen LogP contribution in [0.15, 0.2) is 36.5 Å². The molecule has 2 heterocycles. The summed E-state index contributed by atoms with van der Waals surface area (Å²) in [6, 6.07) is 6.06. The van der Waals surface area contributed by atoms with E-state index in [1.165, 1.54) is 37.5 Å². The van der Waals surface area contributed by atoms with E-state index in [-0.39, 0.29) is 32.1 Å². The number of pyridine rings is 1. The van der Waals surface area contributed by atoms with Crippen LogP contribution in [0.3, 0.4) is 0 Å². The largest absolute Gasteiger partial charge is 0.435 e. The molecule has 0 spiro atoms. The van der Waals surface area contributed by atoms with Gasteiger partial charge < -0.3 is 10.4 Å². The molecule has 0 fully saturated rings. The number of halogens is 6. The van der Waals surface area contributed by atoms with Crippen LogP contribution in [0.5, 0.6) is 0 Å². The fraction of sp³-hybridized carbons (Fsp3) is 0.167. The summed E-state index contributed by atoms with van der Waals surface area (Å²) >= 11 is 18.1. The number of nitrogens with zero attached hydrogens (tertiary/aromatic N) is 3. The minimum absolute atomic E-state index is 0.0239. The van der Waals surface area contributed by atoms with E-state index in [4.69, 9.17) is 34.8 Å². The second kappa shape index (κ2) is 9.01. The van der Waals surface area contributed by atoms with Crippen molar-refractivity contribution in [2.24, 2.45) is 0 Å². The number of hydrogen-bond acceptors (Lipinski definition) is 5. The molecule has 0 aliphatic carbocycles. The third kappa shape index (κ3) is 4.94. The van der Waals surface area contributed by atoms with E-state index in [1.807, 2.05) is 0 Å². The van der Waals surface area contributed by atoms with E-state index in [1.54, 1.807) is 0 Å². The zero-order valence-electron chi connectivity index (χ0n) is 15.5. The first-order valence-electron chi connectivity index (χ1n) is 8.46. The molecule has 1 aromatic carbocycles. The molecule has 0 aliphatic heterocycles. The van der Waals surface area contributed by atoms with Gasteiger partial charge in [-0.05, 0) is 31.3 Å². The van der Waals surface area contributed by atoms with Crippen molar-refractivity contribution in [1.29, 1.82) is 0 Å². The number of alkyl halides is 3. The molecule has 164 valence electrons. The van der Waals surface area contributed by atoms with Gasteiger partial charge in [0, 0.05) is 22.8 Å². The Kier molecular flexibility index (Phi) is 6.77. The maximum atomic E-state index is 13.3. The van der Waals surface area contributed by atoms with Crippen molar-refractivity contribution in [2.45, 2.75) is 12.4 Å². The number of aliphatic hydroxyl groups is 1. The summed E-state index contributed by atoms with van der Waals surface area (Å²) in [5.74, 6) is -1.18. The number of carbonyl (C=O) groups is 1. The third-order valence-corrected chi connectivity index (χ3v) is 4.88. The predicted molar refractivity (Wildman–Crippen MR) is 110 cm³/mol. The fourth-order valence-corrected chi connectivity index (χ4v) is 3.41. The fourth-order valence-electron chi connectivity index (χ4n) is 2.65. The van der Waals surface area contributed by atoms with E-state index in [0.29, 0.717) is 10.7 Å². The Morgan fingerprint density at radius 2 is 1.90 bits per heavy atom. The van der Waals surface area contributed by atoms with Crippen LogP contribution in [0.25, 0.3) is 5.82 Å². The molecular formula is C18H13Cl3F3N5O2. The number of carbonyl (C=O) groups excluding carboxylic acids is 1. The molecule has 1 unspecified atom stereocenters. The summed E-state index contributed by atoms with van der Waals surface area (Å²) in [5.41, 5.74) is -1.78. The Bertz CT molecular complexity index is 1140. The Balaban J connectivity index is 2.11. The van der Waals surface area contributed by atoms with E-state index < -0.39 is 29.7 Å². The number of hydrogen-bond donors (Lipinski definition) is 3. The van der Waals surface area contributed by atoms with Gasteiger partial charge in [0.05, 0.1) is 15.7 Å². The molecule has 2 aromatic heterocycles. The molecule has 7 nitrogen and oxygen atoms in total. The number of anilines is 1. The molecule has 13 heteroatoms. The van der Waals surface area contributed by atoms with Gasteiger partial charge in [0.15, 0.2) is 11.5 Å². The summed E-state index contributed by atoms with van der Waals surface area (Å²) in [6.07, 6.45) is -4.81. The second-order valence-electron chi connectivity index (χ2n) is 6.13. The summed E-state index contributed by atoms with van der Waals surface area (Å²) in [7, 11) is 1.44. The van der Waals surface area contributed by atoms with E-state index in [9.17, 15) is 23.1 Å². The first-order chi connectivity index (χ1) is 14.5. The van der Waals surface area contributed by atoms with Crippen LogP contribution in [0.4, 0.5) is 18.9 Å². The summed E-state index contributed by atoms with van der Waals surface area (Å²) in [4.78, 5) is 16.9. The van der Waals surface area contributed by atoms with Crippen LogP contribution in [0.1, 0.15) is 28.0 Å². The van der Waals surface area contributed by atoms with Gasteiger partial charge in [-0.15, -0.1) is 0 Å². The highest BCUT2D eigenvalue weighted by atomic mass is 35.5. The molecule has 1 atom stereocenters. The van der Waals surface area contributed by atoms with Crippen LogP contribution < -0.4 is 10.6 Å². The summed E-state index contributed by atoms with van der Waals surface area (Å²) in [6.45, 7) is 0. The number of aromatic nitrogens is 3. The lowest BCUT2D eigenvalue weighted by molar-refractivity contribution is -0.141. The third-order valence-electron chi connectivity index (χ3n) is 4.06. The topological polar surface area (TPSA) is 92.1 Å². The van der Waals surface area contributed by atoms with E-state index in [0.717, 1.165) is 0 Å². The summed E-state index contributed by atoms with van der Waals surface area (Å²) in [5, 5.41) is 18.7. The monoisotopic (exact) mass is 493 g/mol. The lowest BCUT2D eigenvalue weighted by Gasteiger charge is -2.18. The smallest absolute Gasteiger partial charge is 0.374 e. The molecular weight excluding hydrogens is 482 g/mol. The SMILES string of the molecule is CNC(O)c1cc(Cl)cc(Cl)c1NC(=O)c1cc(C(F)(F)F)nn1-c1ncccc1Cl. The van der Waals surface area contributed by atoms with Crippen LogP contribution in [-0.2, 0) is 6.18 Å². The highest BCUT2D eigenvalue weighted by Crippen LogP contribution is 2.35. The molecule has 1 amide bonds. The van der Waals surface area contributed by atoms with Crippen molar-refractivity contribution in [2.75, 3.05) is 12.4 Å². The van der Waals surface area contributed by atoms with Crippen LogP contribution in [0.2, 0.25) is 15.1 Å². The minimum Gasteiger partial charge on any atom is -0.374 e. The average molecular weight is 495 g/mol. The van der Waals surface area contributed by atoms with Crippen LogP contribution >= 0.6 is 34.8 Å². The Morgan fingerprint density at radius 1 is 1.19 bits per heavy atom. The molecule has 0 bridgehead atoms. The lowest BCUT2D eigenvalue weighted by Crippen LogP contribution is -2.22. The Labute approximate surface area is 188 Å². The van der Waals surface area contributed by atoms with Gasteiger partial charge in [-0.2, -0.15) is 18.3 Å². The van der Waals surface area contributed by atoms with Gasteiger partial charge in [-0.3, -0.25) is 10.1 Å². The van der Waals surface area contributed by atoms with Crippen LogP contribution in [0, 0.1) is 0 Å². The molecule has 0 saturated heterocycles. The van der Waals surface area contributed by atoms with E-state index in [2.05, 4.69) is 20.7 Å². The maximum Gasteiger partial charge on any atom is 0.435 e. The molecule has 3 N–H and O–H groups in total. The van der Waals surface area contributed by atoms with Gasteiger partial charge in [0.1, 0.15) is 11.9 Å². The van der Waals surface area contributed by atoms with Gasteiger partial charge in [-0.25, -0.2) is 9.67 Å². The van der Waals surface area contributed by atoms with Crippen molar-refractivity contribution in [1.82, 2.24) is 20.1 Å². The molecule has 0 saturated carbocycles. The number of rotatable bonds is 5. The maximum absolute atomic E-state index is 13.3. The van der Waals surface area contributed by atoms with E-state index >= 15 is 0 Å². The molecule has 0 radical (unpaired) electrons. The molecule has 31 heavy (non-hydrogen) atoms. The minimum atomic E-state index is -4.83. The number of amides is 1. The van der Waals surface area contributed by atoms with Crippen molar-refractivity contribution in [3.63, 3.8) is 0 Å². The van der Waals surface area contributed by atoms with Crippen molar-refractivity contribution >= 4 is 46.4 Å². The zero-order valence-corrected chi connectivity index (χ0v) is 17.8. The predicted octanol–water partition coefficient (Wildman–Crippen LogP) is 4.71. The highest BCUT2D eigenvalue weighted by Gasteiger charge is 2.36. The van der Waals surface area contributed by atoms with Gasteiger partial charge in [-0.1, -0.05) is 34.8 Å². The second-order valence-corrected chi connectivity index (χ2v) is 7.38. The normalized spacial score (nSPS) is 12.6. The standard InChI is InChI=1S/C18H13Cl3F3N5O2/c1-25-16(30)9-5-8(19)6-11(21)14(9)27-17(31)12-7-13(18(22,23)24)28-29(12)15-10(20)3-2-4-26-15/h2-7,16,25,30H,1H3,(H,27,31). The van der Waals surface area contributed by atoms with Crippen molar-refractivity contribution < 1.29 is 23.1 Å². The average Bonchev–Trinajstić information content (AvgIpc) is 3.15. The van der Waals surface area contributed by atoms with Gasteiger partial charge in [0.2, 0.25) is 0 Å². The zero-order chi connectivity index (χ0) is 22.9. The van der Waals surface area contributed by atoms with Gasteiger partial charge >= 0.3 is 6.18 Å². The number of aliphatic hydroxyl groups excluding tert-OH is 1. The molecule has 3 aromatic rings. The number of benzene rings is 1. The molecule has 0 aliphatic rings. The highest BCUT2D eigenvalue weighted by molar-refractivity contribution is 6.37. The van der Waals surface area contributed by atoms with Crippen molar-refractivity contribution in [3.8, 4) is 5.82 Å². The van der Waals surface area contributed by atoms with Crippen molar-refractivity contribution in [3.05, 3.63) is 68.5 Å². The Hall–Kier alpha value is -2.37. The summed E-state index contributed by atoms with van der Waals surface area (Å²) < 4.78 is 40.5. The number of nitrogens with one attached hydrogen (secondary N) is 2. The van der Waals surface area contributed by atoms with Crippen LogP contribution in [-0.4, -0.2) is 32.8 Å². The first-order valence-corrected chi connectivity index (χ1v) is 9.60.